The Morgan fingerprint density at radius 1 is 1.21 bits per heavy atom. The van der Waals surface area contributed by atoms with Crippen molar-refractivity contribution in [2.75, 3.05) is 5.32 Å². The van der Waals surface area contributed by atoms with E-state index in [4.69, 9.17) is 11.6 Å². The predicted molar refractivity (Wildman–Crippen MR) is 78.7 cm³/mol. The lowest BCUT2D eigenvalue weighted by Crippen LogP contribution is -2.18. The summed E-state index contributed by atoms with van der Waals surface area (Å²) in [7, 11) is 0. The second kappa shape index (κ2) is 5.49. The van der Waals surface area contributed by atoms with Crippen LogP contribution in [-0.2, 0) is 11.3 Å². The SMILES string of the molecule is Cc1cn(CC(=O)Nc2ccc(Cl)cc2)c(C)c1C. The molecule has 0 atom stereocenters. The summed E-state index contributed by atoms with van der Waals surface area (Å²) in [5, 5.41) is 3.51. The van der Waals surface area contributed by atoms with Gasteiger partial charge in [-0.1, -0.05) is 11.6 Å². The number of nitrogens with zero attached hydrogens (tertiary/aromatic N) is 1. The highest BCUT2D eigenvalue weighted by molar-refractivity contribution is 6.30. The van der Waals surface area contributed by atoms with Gasteiger partial charge in [0, 0.05) is 22.6 Å². The molecule has 0 saturated carbocycles. The molecule has 1 aromatic heterocycles. The van der Waals surface area contributed by atoms with Crippen LogP contribution in [-0.4, -0.2) is 10.5 Å². The Morgan fingerprint density at radius 2 is 1.84 bits per heavy atom. The van der Waals surface area contributed by atoms with Crippen molar-refractivity contribution >= 4 is 23.2 Å². The Balaban J connectivity index is 2.05. The molecule has 1 aromatic carbocycles. The lowest BCUT2D eigenvalue weighted by atomic mass is 10.2. The fraction of sp³-hybridized carbons (Fsp3) is 0.267. The number of carbonyl (C=O) groups is 1. The molecule has 0 fully saturated rings. The number of hydrogen-bond donors (Lipinski definition) is 1. The van der Waals surface area contributed by atoms with E-state index in [1.165, 1.54) is 11.1 Å². The zero-order chi connectivity index (χ0) is 14.0. The van der Waals surface area contributed by atoms with Crippen LogP contribution in [0, 0.1) is 20.8 Å². The van der Waals surface area contributed by atoms with Gasteiger partial charge in [-0.15, -0.1) is 0 Å². The average molecular weight is 277 g/mol. The molecule has 0 unspecified atom stereocenters. The Kier molecular flexibility index (Phi) is 3.96. The van der Waals surface area contributed by atoms with E-state index in [1.54, 1.807) is 24.3 Å². The molecule has 0 aliphatic rings. The molecule has 2 aromatic rings. The van der Waals surface area contributed by atoms with Gasteiger partial charge < -0.3 is 9.88 Å². The molecular formula is C15H17ClN2O. The average Bonchev–Trinajstić information content (AvgIpc) is 2.60. The van der Waals surface area contributed by atoms with E-state index in [2.05, 4.69) is 19.2 Å². The molecule has 3 nitrogen and oxygen atoms in total. The van der Waals surface area contributed by atoms with Gasteiger partial charge in [-0.2, -0.15) is 0 Å². The molecule has 100 valence electrons. The molecular weight excluding hydrogens is 260 g/mol. The highest BCUT2D eigenvalue weighted by Gasteiger charge is 2.09. The first kappa shape index (κ1) is 13.7. The molecule has 1 N–H and O–H groups in total. The standard InChI is InChI=1S/C15H17ClN2O/c1-10-8-18(12(3)11(10)2)9-15(19)17-14-6-4-13(16)5-7-14/h4-8H,9H2,1-3H3,(H,17,19). The summed E-state index contributed by atoms with van der Waals surface area (Å²) in [5.74, 6) is -0.0413. The quantitative estimate of drug-likeness (QED) is 0.911. The molecule has 0 saturated heterocycles. The van der Waals surface area contributed by atoms with E-state index < -0.39 is 0 Å². The lowest BCUT2D eigenvalue weighted by Gasteiger charge is -2.08. The Morgan fingerprint density at radius 3 is 2.37 bits per heavy atom. The number of rotatable bonds is 3. The fourth-order valence-electron chi connectivity index (χ4n) is 1.98. The first-order valence-electron chi connectivity index (χ1n) is 6.15. The molecule has 0 aliphatic heterocycles. The number of aromatic nitrogens is 1. The van der Waals surface area contributed by atoms with Gasteiger partial charge in [0.2, 0.25) is 5.91 Å². The topological polar surface area (TPSA) is 34.0 Å². The Bertz CT molecular complexity index is 599. The van der Waals surface area contributed by atoms with Crippen molar-refractivity contribution < 1.29 is 4.79 Å². The minimum atomic E-state index is -0.0413. The van der Waals surface area contributed by atoms with Gasteiger partial charge in [-0.3, -0.25) is 4.79 Å². The van der Waals surface area contributed by atoms with Crippen LogP contribution in [0.2, 0.25) is 5.02 Å². The smallest absolute Gasteiger partial charge is 0.244 e. The summed E-state index contributed by atoms with van der Waals surface area (Å²) in [6.07, 6.45) is 2.01. The number of anilines is 1. The summed E-state index contributed by atoms with van der Waals surface area (Å²) in [5.41, 5.74) is 4.33. The number of carbonyl (C=O) groups excluding carboxylic acids is 1. The molecule has 2 rings (SSSR count). The predicted octanol–water partition coefficient (Wildman–Crippen LogP) is 3.71. The van der Waals surface area contributed by atoms with Crippen LogP contribution in [0.4, 0.5) is 5.69 Å². The third kappa shape index (κ3) is 3.18. The summed E-state index contributed by atoms with van der Waals surface area (Å²) in [6.45, 7) is 6.47. The number of benzene rings is 1. The zero-order valence-electron chi connectivity index (χ0n) is 11.3. The normalized spacial score (nSPS) is 10.5. The van der Waals surface area contributed by atoms with Crippen LogP contribution in [0.3, 0.4) is 0 Å². The van der Waals surface area contributed by atoms with Gasteiger partial charge >= 0.3 is 0 Å². The Hall–Kier alpha value is -1.74. The third-order valence-electron chi connectivity index (χ3n) is 3.36. The van der Waals surface area contributed by atoms with Crippen molar-refractivity contribution in [1.29, 1.82) is 0 Å². The second-order valence-electron chi connectivity index (χ2n) is 4.71. The maximum absolute atomic E-state index is 12.0. The number of halogens is 1. The Labute approximate surface area is 118 Å². The minimum absolute atomic E-state index is 0.0413. The van der Waals surface area contributed by atoms with Crippen molar-refractivity contribution in [3.63, 3.8) is 0 Å². The third-order valence-corrected chi connectivity index (χ3v) is 3.61. The fourth-order valence-corrected chi connectivity index (χ4v) is 2.11. The van der Waals surface area contributed by atoms with E-state index >= 15 is 0 Å². The van der Waals surface area contributed by atoms with Gasteiger partial charge in [-0.05, 0) is 56.2 Å². The van der Waals surface area contributed by atoms with Gasteiger partial charge in [0.15, 0.2) is 0 Å². The van der Waals surface area contributed by atoms with Crippen molar-refractivity contribution in [2.24, 2.45) is 0 Å². The van der Waals surface area contributed by atoms with Crippen molar-refractivity contribution in [2.45, 2.75) is 27.3 Å². The maximum Gasteiger partial charge on any atom is 0.244 e. The minimum Gasteiger partial charge on any atom is -0.342 e. The van der Waals surface area contributed by atoms with E-state index in [9.17, 15) is 4.79 Å². The highest BCUT2D eigenvalue weighted by Crippen LogP contribution is 2.16. The largest absolute Gasteiger partial charge is 0.342 e. The molecule has 0 spiro atoms. The van der Waals surface area contributed by atoms with Crippen molar-refractivity contribution in [3.05, 3.63) is 52.3 Å². The molecule has 1 heterocycles. The molecule has 1 amide bonds. The van der Waals surface area contributed by atoms with Gasteiger partial charge in [0.05, 0.1) is 0 Å². The number of aryl methyl sites for hydroxylation is 1. The summed E-state index contributed by atoms with van der Waals surface area (Å²) in [6, 6.07) is 7.09. The van der Waals surface area contributed by atoms with E-state index in [1.807, 2.05) is 17.7 Å². The molecule has 0 radical (unpaired) electrons. The van der Waals surface area contributed by atoms with E-state index in [-0.39, 0.29) is 5.91 Å². The van der Waals surface area contributed by atoms with Crippen LogP contribution in [0.25, 0.3) is 0 Å². The monoisotopic (exact) mass is 276 g/mol. The summed E-state index contributed by atoms with van der Waals surface area (Å²) >= 11 is 5.80. The van der Waals surface area contributed by atoms with Crippen LogP contribution in [0.1, 0.15) is 16.8 Å². The summed E-state index contributed by atoms with van der Waals surface area (Å²) in [4.78, 5) is 12.0. The second-order valence-corrected chi connectivity index (χ2v) is 5.14. The van der Waals surface area contributed by atoms with Crippen molar-refractivity contribution in [1.82, 2.24) is 4.57 Å². The van der Waals surface area contributed by atoms with Gasteiger partial charge in [0.1, 0.15) is 6.54 Å². The number of hydrogen-bond acceptors (Lipinski definition) is 1. The van der Waals surface area contributed by atoms with Crippen molar-refractivity contribution in [3.8, 4) is 0 Å². The summed E-state index contributed by atoms with van der Waals surface area (Å²) < 4.78 is 1.97. The van der Waals surface area contributed by atoms with Gasteiger partial charge in [-0.25, -0.2) is 0 Å². The van der Waals surface area contributed by atoms with Crippen LogP contribution < -0.4 is 5.32 Å². The van der Waals surface area contributed by atoms with E-state index in [0.29, 0.717) is 11.6 Å². The van der Waals surface area contributed by atoms with E-state index in [0.717, 1.165) is 11.4 Å². The maximum atomic E-state index is 12.0. The van der Waals surface area contributed by atoms with Crippen LogP contribution in [0.5, 0.6) is 0 Å². The van der Waals surface area contributed by atoms with Crippen LogP contribution >= 0.6 is 11.6 Å². The first-order valence-corrected chi connectivity index (χ1v) is 6.53. The number of amides is 1. The molecule has 0 bridgehead atoms. The lowest BCUT2D eigenvalue weighted by molar-refractivity contribution is -0.116. The van der Waals surface area contributed by atoms with Crippen LogP contribution in [0.15, 0.2) is 30.5 Å². The number of nitrogens with one attached hydrogen (secondary N) is 1. The highest BCUT2D eigenvalue weighted by atomic mass is 35.5. The molecule has 4 heteroatoms. The van der Waals surface area contributed by atoms with Gasteiger partial charge in [0.25, 0.3) is 0 Å². The molecule has 0 aliphatic carbocycles. The zero-order valence-corrected chi connectivity index (χ0v) is 12.1. The first-order chi connectivity index (χ1) is 8.97. The molecule has 19 heavy (non-hydrogen) atoms.